The third-order valence-electron chi connectivity index (χ3n) is 4.68. The average molecular weight is 481 g/mol. The second kappa shape index (κ2) is 11.3. The van der Waals surface area contributed by atoms with Gasteiger partial charge in [-0.1, -0.05) is 51.2 Å². The molecule has 0 spiro atoms. The molecular weight excluding hydrogens is 457 g/mol. The third-order valence-corrected chi connectivity index (χ3v) is 6.53. The molecule has 4 rings (SSSR count). The van der Waals surface area contributed by atoms with Crippen molar-refractivity contribution in [1.82, 2.24) is 0 Å². The molecule has 0 aliphatic heterocycles. The van der Waals surface area contributed by atoms with Gasteiger partial charge in [0.25, 0.3) is 0 Å². The van der Waals surface area contributed by atoms with Crippen molar-refractivity contribution in [1.29, 1.82) is 0 Å². The maximum atomic E-state index is 2.31. The summed E-state index contributed by atoms with van der Waals surface area (Å²) < 4.78 is 0. The Kier molecular flexibility index (Phi) is 11.1. The Labute approximate surface area is 189 Å². The van der Waals surface area contributed by atoms with E-state index in [-0.39, 0.29) is 58.6 Å². The molecule has 134 valence electrons. The molecule has 0 fully saturated rings. The van der Waals surface area contributed by atoms with Crippen LogP contribution < -0.4 is 24.8 Å². The van der Waals surface area contributed by atoms with Gasteiger partial charge in [-0.2, -0.15) is 34.4 Å². The first-order valence-corrected chi connectivity index (χ1v) is 9.53. The predicted molar refractivity (Wildman–Crippen MR) is 105 cm³/mol. The van der Waals surface area contributed by atoms with E-state index >= 15 is 0 Å². The van der Waals surface area contributed by atoms with Gasteiger partial charge in [0.2, 0.25) is 0 Å². The Morgan fingerprint density at radius 1 is 0.923 bits per heavy atom. The standard InChI is InChI=1S/C13H10P.C9H13.2ClH.Zr/c1-2-6-12-10-13(9-11(12)5-1)14-7-3-4-8-14;1-6-5-7(2)9(4)8(6)3;;;/h1-10H;5H,1-4H3;2*1H;/q2*-1;;;+4/p-2. The van der Waals surface area contributed by atoms with Crippen molar-refractivity contribution in [3.05, 3.63) is 88.4 Å². The number of benzene rings is 1. The van der Waals surface area contributed by atoms with Gasteiger partial charge in [0.15, 0.2) is 0 Å². The van der Waals surface area contributed by atoms with E-state index in [1.54, 1.807) is 0 Å². The number of fused-ring (bicyclic) bond motifs is 1. The first kappa shape index (κ1) is 25.4. The SMILES string of the molecule is Cc1c[c-](C)c(C)c1C.[Cl-].[Cl-].[Zr+4].c1ccc2[cH-]c(-p3cccc3)cc2c1. The van der Waals surface area contributed by atoms with E-state index in [4.69, 9.17) is 0 Å². The average Bonchev–Trinajstić information content (AvgIpc) is 3.25. The number of hydrogen-bond acceptors (Lipinski definition) is 0. The topological polar surface area (TPSA) is 0 Å². The smallest absolute Gasteiger partial charge is 1.00 e. The maximum Gasteiger partial charge on any atom is 4.00 e. The molecule has 0 nitrogen and oxygen atoms in total. The molecule has 4 heteroatoms. The van der Waals surface area contributed by atoms with Crippen LogP contribution in [0.5, 0.6) is 0 Å². The Morgan fingerprint density at radius 3 is 2.00 bits per heavy atom. The van der Waals surface area contributed by atoms with Crippen LogP contribution in [0.1, 0.15) is 22.3 Å². The molecule has 3 aromatic carbocycles. The summed E-state index contributed by atoms with van der Waals surface area (Å²) in [5.74, 6) is 4.59. The van der Waals surface area contributed by atoms with Gasteiger partial charge in [-0.3, -0.25) is 0 Å². The zero-order chi connectivity index (χ0) is 16.4. The van der Waals surface area contributed by atoms with E-state index in [1.807, 2.05) is 0 Å². The molecule has 0 aliphatic carbocycles. The van der Waals surface area contributed by atoms with Gasteiger partial charge in [-0.05, 0) is 11.6 Å². The van der Waals surface area contributed by atoms with Crippen LogP contribution >= 0.6 is 7.53 Å². The minimum Gasteiger partial charge on any atom is -1.00 e. The van der Waals surface area contributed by atoms with E-state index in [2.05, 4.69) is 93.9 Å². The Bertz CT molecular complexity index is 862. The largest absolute Gasteiger partial charge is 4.00 e. The molecule has 26 heavy (non-hydrogen) atoms. The number of hydrogen-bond donors (Lipinski definition) is 0. The van der Waals surface area contributed by atoms with Crippen LogP contribution in [0.2, 0.25) is 0 Å². The molecule has 0 aliphatic rings. The molecule has 1 aromatic heterocycles. The van der Waals surface area contributed by atoms with E-state index < -0.39 is 0 Å². The summed E-state index contributed by atoms with van der Waals surface area (Å²) in [6, 6.07) is 19.7. The maximum absolute atomic E-state index is 2.31. The van der Waals surface area contributed by atoms with Gasteiger partial charge in [0.1, 0.15) is 0 Å². The fraction of sp³-hybridized carbons (Fsp3) is 0.182. The van der Waals surface area contributed by atoms with Crippen molar-refractivity contribution in [3.8, 4) is 5.30 Å². The van der Waals surface area contributed by atoms with Gasteiger partial charge < -0.3 is 24.8 Å². The zero-order valence-electron chi connectivity index (χ0n) is 15.6. The van der Waals surface area contributed by atoms with E-state index in [0.29, 0.717) is 0 Å². The minimum atomic E-state index is -0.148. The summed E-state index contributed by atoms with van der Waals surface area (Å²) in [6.45, 7) is 8.68. The molecule has 0 saturated carbocycles. The molecule has 0 radical (unpaired) electrons. The molecule has 0 N–H and O–H groups in total. The summed E-state index contributed by atoms with van der Waals surface area (Å²) in [5.41, 5.74) is 5.75. The summed E-state index contributed by atoms with van der Waals surface area (Å²) in [4.78, 5) is 0. The van der Waals surface area contributed by atoms with E-state index in [0.717, 1.165) is 0 Å². The van der Waals surface area contributed by atoms with Crippen LogP contribution in [-0.2, 0) is 26.2 Å². The normalized spacial score (nSPS) is 9.38. The summed E-state index contributed by atoms with van der Waals surface area (Å²) in [7, 11) is -0.148. The van der Waals surface area contributed by atoms with Crippen molar-refractivity contribution >= 4 is 18.3 Å². The molecule has 0 saturated heterocycles. The van der Waals surface area contributed by atoms with Gasteiger partial charge in [0, 0.05) is 0 Å². The molecule has 4 aromatic rings. The van der Waals surface area contributed by atoms with Crippen molar-refractivity contribution in [2.24, 2.45) is 0 Å². The number of halogens is 2. The number of rotatable bonds is 1. The second-order valence-corrected chi connectivity index (χ2v) is 8.12. The summed E-state index contributed by atoms with van der Waals surface area (Å²) in [5, 5.41) is 4.18. The van der Waals surface area contributed by atoms with Gasteiger partial charge in [-0.15, -0.1) is 42.6 Å². The molecular formula is C22H23Cl2PZr. The molecule has 1 heterocycles. The monoisotopic (exact) mass is 478 g/mol. The predicted octanol–water partition coefficient (Wildman–Crippen LogP) is 1.18. The van der Waals surface area contributed by atoms with Crippen molar-refractivity contribution in [3.63, 3.8) is 0 Å². The van der Waals surface area contributed by atoms with Crippen LogP contribution in [-0.4, -0.2) is 0 Å². The molecule has 0 bridgehead atoms. The van der Waals surface area contributed by atoms with Gasteiger partial charge in [0.05, 0.1) is 0 Å². The first-order chi connectivity index (χ1) is 11.1. The first-order valence-electron chi connectivity index (χ1n) is 8.05. The fourth-order valence-corrected chi connectivity index (χ4v) is 4.51. The van der Waals surface area contributed by atoms with Gasteiger partial charge in [-0.25, -0.2) is 0 Å². The van der Waals surface area contributed by atoms with Crippen molar-refractivity contribution in [2.75, 3.05) is 0 Å². The van der Waals surface area contributed by atoms with Crippen molar-refractivity contribution in [2.45, 2.75) is 27.7 Å². The van der Waals surface area contributed by atoms with E-state index in [1.165, 1.54) is 38.3 Å². The molecule has 0 unspecified atom stereocenters. The van der Waals surface area contributed by atoms with E-state index in [9.17, 15) is 0 Å². The quantitative estimate of drug-likeness (QED) is 0.359. The number of aryl methyl sites for hydroxylation is 2. The second-order valence-electron chi connectivity index (χ2n) is 6.19. The minimum absolute atomic E-state index is 0. The third kappa shape index (κ3) is 5.71. The van der Waals surface area contributed by atoms with Crippen LogP contribution in [0.4, 0.5) is 0 Å². The van der Waals surface area contributed by atoms with Crippen molar-refractivity contribution < 1.29 is 51.0 Å². The fourth-order valence-electron chi connectivity index (χ4n) is 2.92. The van der Waals surface area contributed by atoms with Crippen LogP contribution in [0.25, 0.3) is 16.1 Å². The van der Waals surface area contributed by atoms with Gasteiger partial charge >= 0.3 is 26.2 Å². The Morgan fingerprint density at radius 2 is 1.54 bits per heavy atom. The summed E-state index contributed by atoms with van der Waals surface area (Å²) >= 11 is 0. The Balaban J connectivity index is 0.000000466. The van der Waals surface area contributed by atoms with Crippen LogP contribution in [0.3, 0.4) is 0 Å². The van der Waals surface area contributed by atoms with Crippen LogP contribution in [0, 0.1) is 27.7 Å². The Hall–Kier alpha value is -0.577. The summed E-state index contributed by atoms with van der Waals surface area (Å²) in [6.07, 6.45) is 0. The molecule has 0 atom stereocenters. The molecule has 0 amide bonds. The van der Waals surface area contributed by atoms with Crippen LogP contribution in [0.15, 0.2) is 66.2 Å². The zero-order valence-corrected chi connectivity index (χ0v) is 20.4.